The highest BCUT2D eigenvalue weighted by Gasteiger charge is 2.15. The summed E-state index contributed by atoms with van der Waals surface area (Å²) in [6, 6.07) is 17.4. The molecular weight excluding hydrogens is 372 g/mol. The first-order valence-corrected chi connectivity index (χ1v) is 9.70. The highest BCUT2D eigenvalue weighted by Crippen LogP contribution is 2.18. The molecule has 3 rings (SSSR count). The number of aromatic nitrogens is 2. The minimum atomic E-state index is -3.77. The number of hydrogen-bond acceptors (Lipinski definition) is 5. The normalized spacial score (nSPS) is 11.2. The smallest absolute Gasteiger partial charge is 0.263 e. The van der Waals surface area contributed by atoms with E-state index in [-0.39, 0.29) is 10.7 Å². The summed E-state index contributed by atoms with van der Waals surface area (Å²) in [5.41, 5.74) is 2.31. The van der Waals surface area contributed by atoms with Crippen LogP contribution in [0.3, 0.4) is 0 Å². The lowest BCUT2D eigenvalue weighted by atomic mass is 10.1. The van der Waals surface area contributed by atoms with E-state index < -0.39 is 10.0 Å². The van der Waals surface area contributed by atoms with E-state index in [9.17, 15) is 8.42 Å². The third kappa shape index (κ3) is 4.71. The van der Waals surface area contributed by atoms with Gasteiger partial charge in [-0.3, -0.25) is 4.72 Å². The molecule has 1 heterocycles. The number of nitrogens with zero attached hydrogens (tertiary/aromatic N) is 2. The van der Waals surface area contributed by atoms with Crippen molar-refractivity contribution in [2.24, 2.45) is 0 Å². The predicted molar refractivity (Wildman–Crippen MR) is 103 cm³/mol. The van der Waals surface area contributed by atoms with E-state index >= 15 is 0 Å². The summed E-state index contributed by atoms with van der Waals surface area (Å²) in [5, 5.41) is 11.4. The summed E-state index contributed by atoms with van der Waals surface area (Å²) in [6.45, 7) is 2.63. The highest BCUT2D eigenvalue weighted by atomic mass is 35.5. The summed E-state index contributed by atoms with van der Waals surface area (Å²) < 4.78 is 27.0. The minimum absolute atomic E-state index is 0.0633. The zero-order chi connectivity index (χ0) is 18.6. The molecule has 2 N–H and O–H groups in total. The van der Waals surface area contributed by atoms with Crippen LogP contribution in [0.1, 0.15) is 11.1 Å². The van der Waals surface area contributed by atoms with Crippen LogP contribution in [0.5, 0.6) is 0 Å². The number of benzene rings is 2. The third-order valence-corrected chi connectivity index (χ3v) is 5.19. The van der Waals surface area contributed by atoms with Gasteiger partial charge in [-0.1, -0.05) is 47.5 Å². The molecule has 0 saturated heterocycles. The molecule has 0 unspecified atom stereocenters. The second-order valence-corrected chi connectivity index (χ2v) is 7.82. The van der Waals surface area contributed by atoms with E-state index in [1.165, 1.54) is 17.7 Å². The van der Waals surface area contributed by atoms with Gasteiger partial charge in [-0.05, 0) is 42.8 Å². The summed E-state index contributed by atoms with van der Waals surface area (Å²) >= 11 is 5.84. The number of rotatable bonds is 6. The molecule has 134 valence electrons. The molecule has 0 fully saturated rings. The Balaban J connectivity index is 1.64. The molecule has 0 saturated carbocycles. The summed E-state index contributed by atoms with van der Waals surface area (Å²) in [5.74, 6) is 0.683. The van der Waals surface area contributed by atoms with Crippen molar-refractivity contribution in [3.8, 4) is 0 Å². The Labute approximate surface area is 157 Å². The van der Waals surface area contributed by atoms with Crippen LogP contribution in [-0.4, -0.2) is 18.6 Å². The maximum atomic E-state index is 12.3. The van der Waals surface area contributed by atoms with Crippen molar-refractivity contribution in [1.29, 1.82) is 0 Å². The van der Waals surface area contributed by atoms with Crippen molar-refractivity contribution in [2.45, 2.75) is 18.4 Å². The summed E-state index contributed by atoms with van der Waals surface area (Å²) in [6.07, 6.45) is 0. The Morgan fingerprint density at radius 1 is 0.962 bits per heavy atom. The standard InChI is InChI=1S/C18H17ClN4O2S/c1-13-5-7-14(8-6-13)12-20-17-9-10-18(22-21-17)23-26(24,25)16-4-2-3-15(19)11-16/h2-11H,12H2,1H3,(H,20,21)(H,22,23). The third-order valence-electron chi connectivity index (χ3n) is 3.60. The summed E-state index contributed by atoms with van der Waals surface area (Å²) in [4.78, 5) is 0.0633. The van der Waals surface area contributed by atoms with Gasteiger partial charge in [0.15, 0.2) is 5.82 Å². The van der Waals surface area contributed by atoms with Crippen LogP contribution >= 0.6 is 11.6 Å². The first-order valence-electron chi connectivity index (χ1n) is 7.84. The van der Waals surface area contributed by atoms with Gasteiger partial charge in [0, 0.05) is 11.6 Å². The molecule has 2 aromatic carbocycles. The van der Waals surface area contributed by atoms with Crippen LogP contribution in [0.4, 0.5) is 11.6 Å². The van der Waals surface area contributed by atoms with E-state index in [1.807, 2.05) is 31.2 Å². The Kier molecular flexibility index (Phi) is 5.39. The second kappa shape index (κ2) is 7.72. The van der Waals surface area contributed by atoms with Crippen LogP contribution < -0.4 is 10.0 Å². The molecule has 0 bridgehead atoms. The molecule has 0 aliphatic heterocycles. The quantitative estimate of drug-likeness (QED) is 0.670. The number of sulfonamides is 1. The van der Waals surface area contributed by atoms with Crippen LogP contribution in [0.15, 0.2) is 65.6 Å². The van der Waals surface area contributed by atoms with Gasteiger partial charge < -0.3 is 5.32 Å². The first-order chi connectivity index (χ1) is 12.4. The van der Waals surface area contributed by atoms with Crippen LogP contribution in [0.25, 0.3) is 0 Å². The highest BCUT2D eigenvalue weighted by molar-refractivity contribution is 7.92. The van der Waals surface area contributed by atoms with Crippen molar-refractivity contribution in [1.82, 2.24) is 10.2 Å². The molecule has 8 heteroatoms. The molecule has 1 aromatic heterocycles. The molecule has 0 aliphatic rings. The Bertz CT molecular complexity index is 990. The van der Waals surface area contributed by atoms with Gasteiger partial charge in [0.2, 0.25) is 0 Å². The number of aryl methyl sites for hydroxylation is 1. The van der Waals surface area contributed by atoms with Gasteiger partial charge in [-0.15, -0.1) is 10.2 Å². The van der Waals surface area contributed by atoms with E-state index in [4.69, 9.17) is 11.6 Å². The van der Waals surface area contributed by atoms with E-state index in [0.717, 1.165) is 5.56 Å². The molecule has 0 aliphatic carbocycles. The molecule has 6 nitrogen and oxygen atoms in total. The van der Waals surface area contributed by atoms with Gasteiger partial charge in [-0.25, -0.2) is 8.42 Å². The fraction of sp³-hybridized carbons (Fsp3) is 0.111. The maximum absolute atomic E-state index is 12.3. The summed E-state index contributed by atoms with van der Waals surface area (Å²) in [7, 11) is -3.77. The van der Waals surface area contributed by atoms with Crippen molar-refractivity contribution in [3.63, 3.8) is 0 Å². The van der Waals surface area contributed by atoms with Crippen molar-refractivity contribution >= 4 is 33.3 Å². The lowest BCUT2D eigenvalue weighted by Gasteiger charge is -2.09. The van der Waals surface area contributed by atoms with Crippen molar-refractivity contribution in [2.75, 3.05) is 10.0 Å². The predicted octanol–water partition coefficient (Wildman–Crippen LogP) is 3.85. The molecule has 26 heavy (non-hydrogen) atoms. The lowest BCUT2D eigenvalue weighted by Crippen LogP contribution is -2.14. The molecule has 0 amide bonds. The van der Waals surface area contributed by atoms with Crippen LogP contribution in [0, 0.1) is 6.92 Å². The molecule has 0 atom stereocenters. The zero-order valence-electron chi connectivity index (χ0n) is 14.0. The molecule has 0 radical (unpaired) electrons. The largest absolute Gasteiger partial charge is 0.365 e. The van der Waals surface area contributed by atoms with Gasteiger partial charge in [-0.2, -0.15) is 0 Å². The Morgan fingerprint density at radius 2 is 1.65 bits per heavy atom. The number of anilines is 2. The number of halogens is 1. The van der Waals surface area contributed by atoms with E-state index in [1.54, 1.807) is 24.3 Å². The molecule has 0 spiro atoms. The first kappa shape index (κ1) is 18.2. The van der Waals surface area contributed by atoms with Gasteiger partial charge >= 0.3 is 0 Å². The Hall–Kier alpha value is -2.64. The topological polar surface area (TPSA) is 84.0 Å². The van der Waals surface area contributed by atoms with Gasteiger partial charge in [0.1, 0.15) is 5.82 Å². The van der Waals surface area contributed by atoms with E-state index in [2.05, 4.69) is 20.2 Å². The van der Waals surface area contributed by atoms with E-state index in [0.29, 0.717) is 17.4 Å². The zero-order valence-corrected chi connectivity index (χ0v) is 15.6. The number of nitrogens with one attached hydrogen (secondary N) is 2. The second-order valence-electron chi connectivity index (χ2n) is 5.71. The van der Waals surface area contributed by atoms with Crippen LogP contribution in [0.2, 0.25) is 5.02 Å². The van der Waals surface area contributed by atoms with Gasteiger partial charge in [0.25, 0.3) is 10.0 Å². The van der Waals surface area contributed by atoms with Crippen molar-refractivity contribution in [3.05, 3.63) is 76.8 Å². The monoisotopic (exact) mass is 388 g/mol. The van der Waals surface area contributed by atoms with Gasteiger partial charge in [0.05, 0.1) is 4.90 Å². The number of hydrogen-bond donors (Lipinski definition) is 2. The average Bonchev–Trinajstić information content (AvgIpc) is 2.62. The molecule has 3 aromatic rings. The minimum Gasteiger partial charge on any atom is -0.365 e. The molecular formula is C18H17ClN4O2S. The fourth-order valence-electron chi connectivity index (χ4n) is 2.21. The fourth-order valence-corrected chi connectivity index (χ4v) is 3.51. The SMILES string of the molecule is Cc1ccc(CNc2ccc(NS(=O)(=O)c3cccc(Cl)c3)nn2)cc1. The average molecular weight is 389 g/mol. The van der Waals surface area contributed by atoms with Crippen LogP contribution in [-0.2, 0) is 16.6 Å². The van der Waals surface area contributed by atoms with Crippen molar-refractivity contribution < 1.29 is 8.42 Å². The lowest BCUT2D eigenvalue weighted by molar-refractivity contribution is 0.601. The Morgan fingerprint density at radius 3 is 2.31 bits per heavy atom. The maximum Gasteiger partial charge on any atom is 0.263 e.